The molecule has 4 unspecified atom stereocenters. The molecule has 4 aliphatic rings. The standard InChI is InChI=1S/C32H55NO4/c1-22(2)8-7-9-23(3)27-12-13-28-26-11-10-24-20-25(37-19-18-33(6,36)21-30(34)35)14-16-31(24,4)29(26)15-17-32(27,28)5/h10,22-23,25-29,36H,7-9,11-21H2,1-6H3/p+1/t23-,25+,26?,27-,28?,29?,31+,32-,33?/m1/s1. The van der Waals surface area contributed by atoms with Crippen LogP contribution in [0.4, 0.5) is 0 Å². The molecule has 9 atom stereocenters. The van der Waals surface area contributed by atoms with Gasteiger partial charge >= 0.3 is 5.97 Å². The lowest BCUT2D eigenvalue weighted by Crippen LogP contribution is -2.51. The van der Waals surface area contributed by atoms with E-state index in [0.717, 1.165) is 48.3 Å². The van der Waals surface area contributed by atoms with Crippen molar-refractivity contribution < 1.29 is 24.5 Å². The van der Waals surface area contributed by atoms with E-state index in [-0.39, 0.29) is 12.6 Å². The number of ether oxygens (including phenoxy) is 1. The minimum absolute atomic E-state index is 0.192. The highest BCUT2D eigenvalue weighted by molar-refractivity contribution is 5.67. The van der Waals surface area contributed by atoms with E-state index in [0.29, 0.717) is 24.0 Å². The summed E-state index contributed by atoms with van der Waals surface area (Å²) in [5.74, 6) is 4.16. The highest BCUT2D eigenvalue weighted by Crippen LogP contribution is 2.67. The fourth-order valence-electron chi connectivity index (χ4n) is 9.58. The normalized spacial score (nSPS) is 39.8. The molecule has 3 fully saturated rings. The monoisotopic (exact) mass is 518 g/mol. The van der Waals surface area contributed by atoms with Crippen molar-refractivity contribution in [3.63, 3.8) is 0 Å². The third-order valence-corrected chi connectivity index (χ3v) is 11.7. The molecule has 0 amide bonds. The van der Waals surface area contributed by atoms with Crippen molar-refractivity contribution in [2.75, 3.05) is 26.7 Å². The predicted molar refractivity (Wildman–Crippen MR) is 148 cm³/mol. The second-order valence-electron chi connectivity index (χ2n) is 14.6. The average Bonchev–Trinajstić information content (AvgIpc) is 3.15. The molecule has 3 saturated carbocycles. The number of rotatable bonds is 11. The first kappa shape index (κ1) is 29.1. The number of carboxylic acid groups (broad SMARTS) is 1. The predicted octanol–water partition coefficient (Wildman–Crippen LogP) is 7.33. The minimum Gasteiger partial charge on any atom is -0.477 e. The first-order valence-electron chi connectivity index (χ1n) is 15.5. The molecule has 0 aromatic rings. The molecular formula is C32H56NO4+. The van der Waals surface area contributed by atoms with Gasteiger partial charge in [-0.2, -0.15) is 4.65 Å². The molecule has 0 radical (unpaired) electrons. The summed E-state index contributed by atoms with van der Waals surface area (Å²) in [6, 6.07) is 0. The van der Waals surface area contributed by atoms with Gasteiger partial charge in [-0.3, -0.25) is 0 Å². The van der Waals surface area contributed by atoms with Gasteiger partial charge in [0.15, 0.2) is 0 Å². The quantitative estimate of drug-likeness (QED) is 0.171. The van der Waals surface area contributed by atoms with E-state index in [1.807, 2.05) is 0 Å². The van der Waals surface area contributed by atoms with Crippen LogP contribution in [0.3, 0.4) is 0 Å². The number of hydrogen-bond donors (Lipinski definition) is 2. The fourth-order valence-corrected chi connectivity index (χ4v) is 9.58. The number of aliphatic carboxylic acids is 1. The lowest BCUT2D eigenvalue weighted by Gasteiger charge is -2.58. The summed E-state index contributed by atoms with van der Waals surface area (Å²) in [4.78, 5) is 11.0. The van der Waals surface area contributed by atoms with Crippen molar-refractivity contribution in [2.45, 2.75) is 111 Å². The van der Waals surface area contributed by atoms with E-state index >= 15 is 0 Å². The van der Waals surface area contributed by atoms with Gasteiger partial charge in [0.25, 0.3) is 0 Å². The van der Waals surface area contributed by atoms with Crippen molar-refractivity contribution in [1.29, 1.82) is 0 Å². The SMILES string of the molecule is CC(C)CCC[C@@H](C)[C@H]1CCC2C3CC=C4C[C@@H](OCC[N+](C)(O)CC(=O)O)CC[C@]4(C)C3CC[C@@]21C. The maximum Gasteiger partial charge on any atom is 0.362 e. The van der Waals surface area contributed by atoms with Crippen LogP contribution < -0.4 is 0 Å². The lowest BCUT2D eigenvalue weighted by molar-refractivity contribution is -1.08. The Morgan fingerprint density at radius 2 is 1.86 bits per heavy atom. The number of carbonyl (C=O) groups is 1. The summed E-state index contributed by atoms with van der Waals surface area (Å²) in [5, 5.41) is 19.2. The summed E-state index contributed by atoms with van der Waals surface area (Å²) < 4.78 is 5.67. The minimum atomic E-state index is -0.988. The van der Waals surface area contributed by atoms with Crippen molar-refractivity contribution >= 4 is 5.97 Å². The number of likely N-dealkylation sites (N-methyl/N-ethyl adjacent to an activating group) is 1. The molecule has 37 heavy (non-hydrogen) atoms. The molecule has 0 heterocycles. The largest absolute Gasteiger partial charge is 0.477 e. The van der Waals surface area contributed by atoms with Crippen LogP contribution in [0.1, 0.15) is 105 Å². The summed E-state index contributed by atoms with van der Waals surface area (Å²) >= 11 is 0. The van der Waals surface area contributed by atoms with E-state index in [9.17, 15) is 10.0 Å². The Kier molecular flexibility index (Phi) is 8.88. The van der Waals surface area contributed by atoms with Gasteiger partial charge in [0, 0.05) is 0 Å². The van der Waals surface area contributed by atoms with Gasteiger partial charge in [-0.05, 0) is 97.7 Å². The van der Waals surface area contributed by atoms with Crippen LogP contribution in [0.2, 0.25) is 0 Å². The van der Waals surface area contributed by atoms with Crippen LogP contribution >= 0.6 is 0 Å². The first-order valence-corrected chi connectivity index (χ1v) is 15.5. The Morgan fingerprint density at radius 1 is 1.11 bits per heavy atom. The molecule has 212 valence electrons. The van der Waals surface area contributed by atoms with Gasteiger partial charge in [-0.1, -0.05) is 65.5 Å². The first-order chi connectivity index (χ1) is 17.4. The van der Waals surface area contributed by atoms with Gasteiger partial charge in [-0.15, -0.1) is 0 Å². The highest BCUT2D eigenvalue weighted by atomic mass is 16.6. The Hall–Kier alpha value is -0.910. The Bertz CT molecular complexity index is 837. The number of hydrogen-bond acceptors (Lipinski definition) is 3. The second kappa shape index (κ2) is 11.3. The zero-order valence-corrected chi connectivity index (χ0v) is 24.7. The van der Waals surface area contributed by atoms with Gasteiger partial charge in [0.1, 0.15) is 6.54 Å². The smallest absolute Gasteiger partial charge is 0.362 e. The second-order valence-corrected chi connectivity index (χ2v) is 14.6. The maximum atomic E-state index is 11.0. The summed E-state index contributed by atoms with van der Waals surface area (Å²) in [6.45, 7) is 12.9. The van der Waals surface area contributed by atoms with Crippen molar-refractivity contribution in [3.05, 3.63) is 11.6 Å². The number of nitrogens with zero attached hydrogens (tertiary/aromatic N) is 1. The molecule has 2 N–H and O–H groups in total. The topological polar surface area (TPSA) is 66.8 Å². The molecule has 5 heteroatoms. The van der Waals surface area contributed by atoms with Crippen LogP contribution in [0.5, 0.6) is 0 Å². The Balaban J connectivity index is 1.36. The average molecular weight is 519 g/mol. The lowest BCUT2D eigenvalue weighted by atomic mass is 9.47. The van der Waals surface area contributed by atoms with Gasteiger partial charge in [-0.25, -0.2) is 10.0 Å². The van der Waals surface area contributed by atoms with E-state index in [1.165, 1.54) is 64.8 Å². The van der Waals surface area contributed by atoms with Crippen LogP contribution in [-0.2, 0) is 9.53 Å². The molecular weight excluding hydrogens is 462 g/mol. The molecule has 4 rings (SSSR count). The molecule has 5 nitrogen and oxygen atoms in total. The number of carboxylic acids is 1. The number of quaternary nitrogens is 1. The summed E-state index contributed by atoms with van der Waals surface area (Å²) in [5.41, 5.74) is 2.47. The molecule has 0 aliphatic heterocycles. The van der Waals surface area contributed by atoms with E-state index in [1.54, 1.807) is 5.57 Å². The van der Waals surface area contributed by atoms with Crippen molar-refractivity contribution in [1.82, 2.24) is 0 Å². The van der Waals surface area contributed by atoms with Crippen LogP contribution in [-0.4, -0.2) is 53.8 Å². The number of allylic oxidation sites excluding steroid dienone is 1. The number of hydroxylamine groups is 3. The van der Waals surface area contributed by atoms with E-state index < -0.39 is 10.6 Å². The fraction of sp³-hybridized carbons (Fsp3) is 0.906. The van der Waals surface area contributed by atoms with Crippen molar-refractivity contribution in [2.24, 2.45) is 46.3 Å². The number of fused-ring (bicyclic) bond motifs is 5. The highest BCUT2D eigenvalue weighted by Gasteiger charge is 2.59. The Labute approximate surface area is 226 Å². The van der Waals surface area contributed by atoms with E-state index in [2.05, 4.69) is 40.7 Å². The summed E-state index contributed by atoms with van der Waals surface area (Å²) in [6.07, 6.45) is 17.2. The molecule has 0 spiro atoms. The van der Waals surface area contributed by atoms with Crippen LogP contribution in [0.15, 0.2) is 11.6 Å². The van der Waals surface area contributed by atoms with Crippen LogP contribution in [0.25, 0.3) is 0 Å². The third-order valence-electron chi connectivity index (χ3n) is 11.7. The van der Waals surface area contributed by atoms with Gasteiger partial charge < -0.3 is 9.84 Å². The van der Waals surface area contributed by atoms with Gasteiger partial charge in [0.05, 0.1) is 19.8 Å². The third kappa shape index (κ3) is 6.14. The molecule has 0 aromatic heterocycles. The zero-order chi connectivity index (χ0) is 27.0. The van der Waals surface area contributed by atoms with Crippen LogP contribution in [0, 0.1) is 46.3 Å². The Morgan fingerprint density at radius 3 is 2.57 bits per heavy atom. The molecule has 0 aromatic carbocycles. The van der Waals surface area contributed by atoms with Gasteiger partial charge in [0.2, 0.25) is 6.54 Å². The zero-order valence-electron chi connectivity index (χ0n) is 24.7. The maximum absolute atomic E-state index is 11.0. The molecule has 4 aliphatic carbocycles. The van der Waals surface area contributed by atoms with Crippen molar-refractivity contribution in [3.8, 4) is 0 Å². The summed E-state index contributed by atoms with van der Waals surface area (Å²) in [7, 11) is 1.54. The molecule has 0 saturated heterocycles. The molecule has 0 bridgehead atoms. The van der Waals surface area contributed by atoms with E-state index in [4.69, 9.17) is 9.84 Å².